The number of methoxy groups -OCH3 is 1. The highest BCUT2D eigenvalue weighted by molar-refractivity contribution is 6.00. The molecule has 2 rings (SSSR count). The predicted octanol–water partition coefficient (Wildman–Crippen LogP) is 0.335. The lowest BCUT2D eigenvalue weighted by Crippen LogP contribution is -2.56. The number of carbonyl (C=O) groups is 2. The van der Waals surface area contributed by atoms with Gasteiger partial charge in [0.1, 0.15) is 24.1 Å². The van der Waals surface area contributed by atoms with Gasteiger partial charge in [0.15, 0.2) is 0 Å². The number of ether oxygens (including phenoxy) is 2. The van der Waals surface area contributed by atoms with Crippen LogP contribution in [-0.4, -0.2) is 68.1 Å². The molecule has 1 aromatic carbocycles. The second-order valence-corrected chi connectivity index (χ2v) is 5.43. The van der Waals surface area contributed by atoms with Crippen molar-refractivity contribution >= 4 is 11.8 Å². The van der Waals surface area contributed by atoms with Crippen molar-refractivity contribution in [1.29, 1.82) is 0 Å². The third-order valence-corrected chi connectivity index (χ3v) is 3.93. The molecule has 7 heteroatoms. The van der Waals surface area contributed by atoms with Crippen molar-refractivity contribution in [2.24, 2.45) is 5.73 Å². The van der Waals surface area contributed by atoms with Gasteiger partial charge >= 0.3 is 0 Å². The molecule has 0 radical (unpaired) electrons. The number of hydrogen-bond acceptors (Lipinski definition) is 5. The Balaban J connectivity index is 2.29. The zero-order chi connectivity index (χ0) is 17.0. The highest BCUT2D eigenvalue weighted by Crippen LogP contribution is 2.27. The Bertz CT molecular complexity index is 591. The molecule has 0 bridgehead atoms. The average molecular weight is 321 g/mol. The van der Waals surface area contributed by atoms with Crippen molar-refractivity contribution in [2.75, 3.05) is 40.4 Å². The maximum absolute atomic E-state index is 12.8. The molecule has 1 heterocycles. The molecule has 2 amide bonds. The van der Waals surface area contributed by atoms with Crippen LogP contribution in [0.1, 0.15) is 17.3 Å². The van der Waals surface area contributed by atoms with Gasteiger partial charge in [-0.15, -0.1) is 0 Å². The van der Waals surface area contributed by atoms with E-state index >= 15 is 0 Å². The predicted molar refractivity (Wildman–Crippen MR) is 85.7 cm³/mol. The Labute approximate surface area is 135 Å². The summed E-state index contributed by atoms with van der Waals surface area (Å²) in [6.45, 7) is 3.38. The van der Waals surface area contributed by atoms with Crippen LogP contribution in [0.3, 0.4) is 0 Å². The SMILES string of the molecule is COc1ccc(C(=O)N2CCN(C)C(=O)[C@H]2C)c(OCCN)c1. The molecule has 126 valence electrons. The lowest BCUT2D eigenvalue weighted by Gasteiger charge is -2.37. The summed E-state index contributed by atoms with van der Waals surface area (Å²) in [7, 11) is 3.29. The molecule has 7 nitrogen and oxygen atoms in total. The van der Waals surface area contributed by atoms with Crippen molar-refractivity contribution in [3.8, 4) is 11.5 Å². The van der Waals surface area contributed by atoms with Crippen LogP contribution in [-0.2, 0) is 4.79 Å². The fourth-order valence-electron chi connectivity index (χ4n) is 2.54. The van der Waals surface area contributed by atoms with E-state index in [1.165, 1.54) is 0 Å². The van der Waals surface area contributed by atoms with Gasteiger partial charge in [-0.05, 0) is 19.1 Å². The summed E-state index contributed by atoms with van der Waals surface area (Å²) in [4.78, 5) is 28.1. The van der Waals surface area contributed by atoms with Gasteiger partial charge in [0.05, 0.1) is 12.7 Å². The van der Waals surface area contributed by atoms with Gasteiger partial charge in [0, 0.05) is 32.7 Å². The topological polar surface area (TPSA) is 85.1 Å². The van der Waals surface area contributed by atoms with Crippen LogP contribution in [0.2, 0.25) is 0 Å². The summed E-state index contributed by atoms with van der Waals surface area (Å²) in [5.74, 6) is 0.714. The molecule has 0 spiro atoms. The normalized spacial score (nSPS) is 18.1. The molecule has 2 N–H and O–H groups in total. The summed E-state index contributed by atoms with van der Waals surface area (Å²) in [6, 6.07) is 4.52. The summed E-state index contributed by atoms with van der Waals surface area (Å²) >= 11 is 0. The van der Waals surface area contributed by atoms with Crippen LogP contribution in [0, 0.1) is 0 Å². The number of nitrogens with two attached hydrogens (primary N) is 1. The average Bonchev–Trinajstić information content (AvgIpc) is 2.57. The van der Waals surface area contributed by atoms with E-state index < -0.39 is 6.04 Å². The van der Waals surface area contributed by atoms with E-state index in [1.54, 1.807) is 49.1 Å². The molecular weight excluding hydrogens is 298 g/mol. The Kier molecular flexibility index (Phi) is 5.44. The largest absolute Gasteiger partial charge is 0.497 e. The Morgan fingerprint density at radius 3 is 2.78 bits per heavy atom. The highest BCUT2D eigenvalue weighted by atomic mass is 16.5. The number of hydrogen-bond donors (Lipinski definition) is 1. The Hall–Kier alpha value is -2.28. The van der Waals surface area contributed by atoms with E-state index in [0.717, 1.165) is 0 Å². The van der Waals surface area contributed by atoms with Gasteiger partial charge in [-0.25, -0.2) is 0 Å². The maximum Gasteiger partial charge on any atom is 0.258 e. The molecule has 1 saturated heterocycles. The first-order chi connectivity index (χ1) is 11.0. The molecule has 0 aliphatic carbocycles. The highest BCUT2D eigenvalue weighted by Gasteiger charge is 2.34. The third kappa shape index (κ3) is 3.56. The Morgan fingerprint density at radius 2 is 2.13 bits per heavy atom. The Morgan fingerprint density at radius 1 is 1.39 bits per heavy atom. The number of rotatable bonds is 5. The van der Waals surface area contributed by atoms with Crippen LogP contribution in [0.15, 0.2) is 18.2 Å². The monoisotopic (exact) mass is 321 g/mol. The number of nitrogens with zero attached hydrogens (tertiary/aromatic N) is 2. The van der Waals surface area contributed by atoms with Crippen molar-refractivity contribution in [1.82, 2.24) is 9.80 Å². The molecule has 0 unspecified atom stereocenters. The van der Waals surface area contributed by atoms with Crippen LogP contribution in [0.25, 0.3) is 0 Å². The van der Waals surface area contributed by atoms with Crippen molar-refractivity contribution < 1.29 is 19.1 Å². The second kappa shape index (κ2) is 7.32. The fraction of sp³-hybridized carbons (Fsp3) is 0.500. The molecule has 1 aliphatic rings. The molecular formula is C16H23N3O4. The first-order valence-electron chi connectivity index (χ1n) is 7.56. The van der Waals surface area contributed by atoms with E-state index in [4.69, 9.17) is 15.2 Å². The van der Waals surface area contributed by atoms with Gasteiger partial charge in [-0.1, -0.05) is 0 Å². The van der Waals surface area contributed by atoms with E-state index in [9.17, 15) is 9.59 Å². The standard InChI is InChI=1S/C16H23N3O4/c1-11-15(20)18(2)7-8-19(11)16(21)13-5-4-12(22-3)10-14(13)23-9-6-17/h4-5,10-11H,6-9,17H2,1-3H3/t11-/m1/s1. The number of likely N-dealkylation sites (N-methyl/N-ethyl adjacent to an activating group) is 1. The number of carbonyl (C=O) groups excluding carboxylic acids is 2. The van der Waals surface area contributed by atoms with Crippen LogP contribution in [0.4, 0.5) is 0 Å². The zero-order valence-electron chi connectivity index (χ0n) is 13.7. The van der Waals surface area contributed by atoms with Crippen LogP contribution < -0.4 is 15.2 Å². The van der Waals surface area contributed by atoms with E-state index in [0.29, 0.717) is 43.3 Å². The molecule has 1 aliphatic heterocycles. The molecule has 1 aromatic rings. The van der Waals surface area contributed by atoms with Gasteiger partial charge in [0.2, 0.25) is 5.91 Å². The number of amides is 2. The van der Waals surface area contributed by atoms with E-state index in [1.807, 2.05) is 0 Å². The quantitative estimate of drug-likeness (QED) is 0.845. The second-order valence-electron chi connectivity index (χ2n) is 5.43. The first-order valence-corrected chi connectivity index (χ1v) is 7.56. The van der Waals surface area contributed by atoms with E-state index in [2.05, 4.69) is 0 Å². The molecule has 0 saturated carbocycles. The third-order valence-electron chi connectivity index (χ3n) is 3.93. The lowest BCUT2D eigenvalue weighted by molar-refractivity contribution is -0.137. The number of benzene rings is 1. The van der Waals surface area contributed by atoms with Gasteiger partial charge < -0.3 is 25.0 Å². The van der Waals surface area contributed by atoms with Crippen molar-refractivity contribution in [3.05, 3.63) is 23.8 Å². The molecule has 1 fully saturated rings. The molecule has 23 heavy (non-hydrogen) atoms. The minimum absolute atomic E-state index is 0.0671. The lowest BCUT2D eigenvalue weighted by atomic mass is 10.1. The van der Waals surface area contributed by atoms with Gasteiger partial charge in [0.25, 0.3) is 5.91 Å². The van der Waals surface area contributed by atoms with Crippen LogP contribution in [0.5, 0.6) is 11.5 Å². The van der Waals surface area contributed by atoms with Gasteiger partial charge in [-0.2, -0.15) is 0 Å². The minimum atomic E-state index is -0.495. The smallest absolute Gasteiger partial charge is 0.258 e. The summed E-state index contributed by atoms with van der Waals surface area (Å²) in [5, 5.41) is 0. The van der Waals surface area contributed by atoms with Crippen LogP contribution >= 0.6 is 0 Å². The minimum Gasteiger partial charge on any atom is -0.497 e. The summed E-state index contributed by atoms with van der Waals surface area (Å²) < 4.78 is 10.7. The molecule has 0 aromatic heterocycles. The maximum atomic E-state index is 12.8. The number of piperazine rings is 1. The summed E-state index contributed by atoms with van der Waals surface area (Å²) in [6.07, 6.45) is 0. The van der Waals surface area contributed by atoms with E-state index in [-0.39, 0.29) is 11.8 Å². The fourth-order valence-corrected chi connectivity index (χ4v) is 2.54. The first kappa shape index (κ1) is 17.1. The van der Waals surface area contributed by atoms with Gasteiger partial charge in [-0.3, -0.25) is 9.59 Å². The van der Waals surface area contributed by atoms with Crippen molar-refractivity contribution in [2.45, 2.75) is 13.0 Å². The molecule has 1 atom stereocenters. The van der Waals surface area contributed by atoms with Crippen molar-refractivity contribution in [3.63, 3.8) is 0 Å². The summed E-state index contributed by atoms with van der Waals surface area (Å²) in [5.41, 5.74) is 5.88. The zero-order valence-corrected chi connectivity index (χ0v) is 13.7.